The molecular weight excluding hydrogens is 480 g/mol. The Morgan fingerprint density at radius 2 is 1.81 bits per heavy atom. The van der Waals surface area contributed by atoms with E-state index in [2.05, 4.69) is 31.7 Å². The summed E-state index contributed by atoms with van der Waals surface area (Å²) >= 11 is 0. The molecule has 186 valence electrons. The first-order chi connectivity index (χ1) is 17.3. The molecule has 2 aliphatic rings. The van der Waals surface area contributed by atoms with Crippen molar-refractivity contribution in [2.45, 2.75) is 55.2 Å². The van der Waals surface area contributed by atoms with Gasteiger partial charge >= 0.3 is 5.97 Å². The second kappa shape index (κ2) is 8.58. The highest BCUT2D eigenvalue weighted by atomic mass is 32.2. The van der Waals surface area contributed by atoms with Gasteiger partial charge in [0.25, 0.3) is 5.56 Å². The van der Waals surface area contributed by atoms with Crippen LogP contribution < -0.4 is 10.3 Å². The van der Waals surface area contributed by atoms with Gasteiger partial charge in [-0.3, -0.25) is 9.69 Å². The monoisotopic (exact) mass is 506 g/mol. The molecule has 0 radical (unpaired) electrons. The summed E-state index contributed by atoms with van der Waals surface area (Å²) in [6, 6.07) is 15.2. The summed E-state index contributed by atoms with van der Waals surface area (Å²) < 4.78 is 29.7. The van der Waals surface area contributed by atoms with E-state index in [4.69, 9.17) is 0 Å². The number of nitrogens with one attached hydrogen (secondary N) is 3. The number of aromatic carboxylic acids is 1. The lowest BCUT2D eigenvalue weighted by Gasteiger charge is -2.39. The van der Waals surface area contributed by atoms with Crippen LogP contribution >= 0.6 is 0 Å². The molecule has 2 unspecified atom stereocenters. The summed E-state index contributed by atoms with van der Waals surface area (Å²) in [4.78, 5) is 32.0. The zero-order valence-corrected chi connectivity index (χ0v) is 20.2. The Balaban J connectivity index is 1.27. The van der Waals surface area contributed by atoms with Gasteiger partial charge in [0.15, 0.2) is 0 Å². The molecule has 2 fully saturated rings. The van der Waals surface area contributed by atoms with E-state index in [-0.39, 0.29) is 27.4 Å². The minimum absolute atomic E-state index is 0.0416. The lowest BCUT2D eigenvalue weighted by atomic mass is 9.97. The first kappa shape index (κ1) is 23.0. The fourth-order valence-electron chi connectivity index (χ4n) is 5.95. The molecule has 6 rings (SSSR count). The molecule has 0 spiro atoms. The Kier molecular flexibility index (Phi) is 5.47. The lowest BCUT2D eigenvalue weighted by Crippen LogP contribution is -2.49. The van der Waals surface area contributed by atoms with Gasteiger partial charge in [-0.05, 0) is 49.4 Å². The summed E-state index contributed by atoms with van der Waals surface area (Å²) in [5.41, 5.74) is 1.20. The number of benzene rings is 2. The Labute approximate surface area is 207 Å². The van der Waals surface area contributed by atoms with E-state index in [1.165, 1.54) is 30.0 Å². The molecule has 2 aliphatic heterocycles. The summed E-state index contributed by atoms with van der Waals surface area (Å²) in [6.45, 7) is 0.872. The van der Waals surface area contributed by atoms with Crippen LogP contribution in [0.25, 0.3) is 21.8 Å². The number of nitrogens with zero attached hydrogens (tertiary/aromatic N) is 1. The molecule has 9 nitrogen and oxygen atoms in total. The number of carboxylic acids is 1. The van der Waals surface area contributed by atoms with Gasteiger partial charge in [0, 0.05) is 47.2 Å². The topological polar surface area (TPSA) is 135 Å². The Morgan fingerprint density at radius 1 is 1.08 bits per heavy atom. The first-order valence-corrected chi connectivity index (χ1v) is 13.5. The van der Waals surface area contributed by atoms with Crippen molar-refractivity contribution in [2.75, 3.05) is 0 Å². The molecule has 2 saturated heterocycles. The van der Waals surface area contributed by atoms with Crippen molar-refractivity contribution in [3.05, 3.63) is 76.2 Å². The quantitative estimate of drug-likeness (QED) is 0.317. The van der Waals surface area contributed by atoms with Crippen LogP contribution in [0.15, 0.2) is 64.4 Å². The number of sulfonamides is 1. The zero-order valence-electron chi connectivity index (χ0n) is 19.4. The Hall–Kier alpha value is -3.47. The zero-order chi connectivity index (χ0) is 25.0. The van der Waals surface area contributed by atoms with Crippen LogP contribution in [0.1, 0.15) is 41.6 Å². The van der Waals surface area contributed by atoms with E-state index < -0.39 is 21.6 Å². The number of carbonyl (C=O) groups is 1. The maximum absolute atomic E-state index is 13.4. The van der Waals surface area contributed by atoms with Crippen LogP contribution in [0.3, 0.4) is 0 Å². The van der Waals surface area contributed by atoms with Crippen molar-refractivity contribution in [3.8, 4) is 0 Å². The summed E-state index contributed by atoms with van der Waals surface area (Å²) in [6.07, 6.45) is 4.86. The highest BCUT2D eigenvalue weighted by Crippen LogP contribution is 2.37. The molecule has 4 heterocycles. The molecule has 4 N–H and O–H groups in total. The minimum Gasteiger partial charge on any atom is -0.478 e. The average molecular weight is 507 g/mol. The van der Waals surface area contributed by atoms with Gasteiger partial charge in [0.2, 0.25) is 10.0 Å². The predicted octanol–water partition coefficient (Wildman–Crippen LogP) is 3.18. The average Bonchev–Trinajstić information content (AvgIpc) is 3.39. The molecule has 2 aromatic carbocycles. The van der Waals surface area contributed by atoms with Gasteiger partial charge in [-0.2, -0.15) is 0 Å². The smallest absolute Gasteiger partial charge is 0.337 e. The number of carboxylic acid groups (broad SMARTS) is 1. The molecular formula is C26H26N4O5S. The van der Waals surface area contributed by atoms with Crippen molar-refractivity contribution < 1.29 is 18.3 Å². The maximum Gasteiger partial charge on any atom is 0.337 e. The van der Waals surface area contributed by atoms with E-state index in [0.717, 1.165) is 32.2 Å². The van der Waals surface area contributed by atoms with E-state index in [0.29, 0.717) is 23.0 Å². The number of pyridine rings is 1. The van der Waals surface area contributed by atoms with Crippen LogP contribution in [0.4, 0.5) is 0 Å². The molecule has 36 heavy (non-hydrogen) atoms. The molecule has 0 aliphatic carbocycles. The van der Waals surface area contributed by atoms with Crippen LogP contribution in [-0.2, 0) is 16.6 Å². The normalized spacial score (nSPS) is 22.4. The number of rotatable bonds is 6. The Morgan fingerprint density at radius 3 is 2.50 bits per heavy atom. The van der Waals surface area contributed by atoms with Gasteiger partial charge in [0.1, 0.15) is 5.52 Å². The highest BCUT2D eigenvalue weighted by molar-refractivity contribution is 7.89. The standard InChI is InChI=1S/C26H26N4O5S/c31-25-24-23(21(13-27-24)26(32)33)20-12-19(8-9-22(20)28-25)36(34,35)29-16-10-17-6-7-18(11-16)30(17)14-15-4-2-1-3-5-15/h1-5,8-9,12-13,16-18,27,29H,6-7,10-11,14H2,(H,28,31)(H,32,33). The number of hydrogen-bond acceptors (Lipinski definition) is 5. The Bertz CT molecular complexity index is 1630. The van der Waals surface area contributed by atoms with E-state index in [1.54, 1.807) is 0 Å². The van der Waals surface area contributed by atoms with Gasteiger partial charge in [0.05, 0.1) is 10.5 Å². The molecule has 0 saturated carbocycles. The van der Waals surface area contributed by atoms with Crippen molar-refractivity contribution >= 4 is 37.8 Å². The van der Waals surface area contributed by atoms with Crippen LogP contribution in [0.2, 0.25) is 0 Å². The molecule has 4 aromatic rings. The molecule has 10 heteroatoms. The van der Waals surface area contributed by atoms with Crippen molar-refractivity contribution in [2.24, 2.45) is 0 Å². The third-order valence-electron chi connectivity index (χ3n) is 7.57. The molecule has 2 bridgehead atoms. The summed E-state index contributed by atoms with van der Waals surface area (Å²) in [5.74, 6) is -1.20. The third kappa shape index (κ3) is 3.91. The second-order valence-electron chi connectivity index (χ2n) is 9.75. The number of hydrogen-bond donors (Lipinski definition) is 4. The fraction of sp³-hybridized carbons (Fsp3) is 0.308. The van der Waals surface area contributed by atoms with Crippen LogP contribution in [0, 0.1) is 0 Å². The van der Waals surface area contributed by atoms with Crippen molar-refractivity contribution in [1.29, 1.82) is 0 Å². The van der Waals surface area contributed by atoms with Crippen LogP contribution in [-0.4, -0.2) is 52.5 Å². The lowest BCUT2D eigenvalue weighted by molar-refractivity contribution is 0.0699. The van der Waals surface area contributed by atoms with E-state index in [9.17, 15) is 23.1 Å². The molecule has 2 aromatic heterocycles. The van der Waals surface area contributed by atoms with Gasteiger partial charge in [-0.15, -0.1) is 0 Å². The van der Waals surface area contributed by atoms with E-state index >= 15 is 0 Å². The largest absolute Gasteiger partial charge is 0.478 e. The van der Waals surface area contributed by atoms with Crippen molar-refractivity contribution in [1.82, 2.24) is 19.6 Å². The third-order valence-corrected chi connectivity index (χ3v) is 9.09. The maximum atomic E-state index is 13.4. The number of aromatic nitrogens is 2. The second-order valence-corrected chi connectivity index (χ2v) is 11.5. The van der Waals surface area contributed by atoms with Crippen LogP contribution in [0.5, 0.6) is 0 Å². The van der Waals surface area contributed by atoms with Gasteiger partial charge in [-0.1, -0.05) is 30.3 Å². The van der Waals surface area contributed by atoms with Gasteiger partial charge in [-0.25, -0.2) is 17.9 Å². The minimum atomic E-state index is -3.86. The predicted molar refractivity (Wildman–Crippen MR) is 136 cm³/mol. The highest BCUT2D eigenvalue weighted by Gasteiger charge is 2.41. The van der Waals surface area contributed by atoms with Crippen molar-refractivity contribution in [3.63, 3.8) is 0 Å². The summed E-state index contributed by atoms with van der Waals surface area (Å²) in [5, 5.41) is 10.1. The SMILES string of the molecule is O=C(O)c1c[nH]c2c(=O)[nH]c3ccc(S(=O)(=O)NC4CC5CCC(C4)N5Cc4ccccc4)cc3c12. The number of piperidine rings is 1. The summed E-state index contributed by atoms with van der Waals surface area (Å²) in [7, 11) is -3.86. The molecule has 0 amide bonds. The number of aromatic amines is 2. The van der Waals surface area contributed by atoms with E-state index in [1.807, 2.05) is 18.2 Å². The first-order valence-electron chi connectivity index (χ1n) is 12.0. The number of fused-ring (bicyclic) bond motifs is 5. The van der Waals surface area contributed by atoms with Gasteiger partial charge < -0.3 is 15.1 Å². The molecule has 2 atom stereocenters. The number of H-pyrrole nitrogens is 2. The fourth-order valence-corrected chi connectivity index (χ4v) is 7.24.